The zero-order chi connectivity index (χ0) is 14.5. The van der Waals surface area contributed by atoms with Crippen LogP contribution in [0.25, 0.3) is 10.9 Å². The molecule has 0 aliphatic heterocycles. The largest absolute Gasteiger partial charge is 0.481 e. The van der Waals surface area contributed by atoms with Crippen molar-refractivity contribution < 1.29 is 9.90 Å². The van der Waals surface area contributed by atoms with E-state index in [4.69, 9.17) is 5.11 Å². The smallest absolute Gasteiger partial charge is 0.303 e. The van der Waals surface area contributed by atoms with E-state index >= 15 is 0 Å². The van der Waals surface area contributed by atoms with Gasteiger partial charge in [-0.1, -0.05) is 18.2 Å². The summed E-state index contributed by atoms with van der Waals surface area (Å²) in [4.78, 5) is 15.0. The first-order valence-corrected chi connectivity index (χ1v) is 6.91. The molecule has 1 atom stereocenters. The molecular formula is C16H20N2O2. The zero-order valence-electron chi connectivity index (χ0n) is 11.9. The lowest BCUT2D eigenvalue weighted by Crippen LogP contribution is -2.16. The molecule has 1 aromatic carbocycles. The second-order valence-electron chi connectivity index (χ2n) is 5.16. The van der Waals surface area contributed by atoms with Gasteiger partial charge in [-0.3, -0.25) is 9.78 Å². The molecular weight excluding hydrogens is 252 g/mol. The van der Waals surface area contributed by atoms with E-state index in [1.807, 2.05) is 37.3 Å². The fourth-order valence-electron chi connectivity index (χ4n) is 2.32. The monoisotopic (exact) mass is 272 g/mol. The number of fused-ring (bicyclic) bond motifs is 1. The van der Waals surface area contributed by atoms with Gasteiger partial charge in [-0.2, -0.15) is 0 Å². The van der Waals surface area contributed by atoms with E-state index in [1.165, 1.54) is 0 Å². The maximum atomic E-state index is 10.5. The average Bonchev–Trinajstić information content (AvgIpc) is 2.38. The molecule has 0 fully saturated rings. The molecule has 2 aromatic rings. The van der Waals surface area contributed by atoms with E-state index in [2.05, 4.69) is 17.2 Å². The van der Waals surface area contributed by atoms with E-state index in [0.29, 0.717) is 6.42 Å². The molecule has 0 bridgehead atoms. The number of carbonyl (C=O) groups is 1. The van der Waals surface area contributed by atoms with Crippen LogP contribution in [0.2, 0.25) is 0 Å². The summed E-state index contributed by atoms with van der Waals surface area (Å²) in [6.07, 6.45) is 1.75. The number of nitrogens with one attached hydrogen (secondary N) is 1. The van der Waals surface area contributed by atoms with E-state index in [9.17, 15) is 4.79 Å². The molecule has 4 heteroatoms. The summed E-state index contributed by atoms with van der Waals surface area (Å²) in [5.41, 5.74) is 3.02. The van der Waals surface area contributed by atoms with Gasteiger partial charge in [-0.25, -0.2) is 0 Å². The Morgan fingerprint density at radius 1 is 1.40 bits per heavy atom. The molecule has 0 saturated carbocycles. The van der Waals surface area contributed by atoms with Crippen molar-refractivity contribution >= 4 is 22.6 Å². The molecule has 2 N–H and O–H groups in total. The number of nitrogens with zero attached hydrogens (tertiary/aromatic N) is 1. The Morgan fingerprint density at radius 2 is 2.15 bits per heavy atom. The summed E-state index contributed by atoms with van der Waals surface area (Å²) < 4.78 is 0. The number of carboxylic acids is 1. The first-order chi connectivity index (χ1) is 9.56. The summed E-state index contributed by atoms with van der Waals surface area (Å²) in [6, 6.07) is 10.3. The lowest BCUT2D eigenvalue weighted by molar-refractivity contribution is -0.137. The Balaban J connectivity index is 2.10. The fourth-order valence-corrected chi connectivity index (χ4v) is 2.32. The summed E-state index contributed by atoms with van der Waals surface area (Å²) in [7, 11) is 0. The van der Waals surface area contributed by atoms with Crippen LogP contribution >= 0.6 is 0 Å². The first-order valence-electron chi connectivity index (χ1n) is 6.91. The standard InChI is InChI=1S/C16H20N2O2/c1-11(6-5-9-16(19)20)17-15-10-12(2)18-14-8-4-3-7-13(14)15/h3-4,7-8,10-11H,5-6,9H2,1-2H3,(H,17,18)(H,19,20). The maximum absolute atomic E-state index is 10.5. The lowest BCUT2D eigenvalue weighted by atomic mass is 10.1. The van der Waals surface area contributed by atoms with Crippen molar-refractivity contribution in [3.63, 3.8) is 0 Å². The highest BCUT2D eigenvalue weighted by molar-refractivity contribution is 5.91. The molecule has 0 saturated heterocycles. The van der Waals surface area contributed by atoms with Crippen molar-refractivity contribution in [1.29, 1.82) is 0 Å². The topological polar surface area (TPSA) is 62.2 Å². The quantitative estimate of drug-likeness (QED) is 0.843. The maximum Gasteiger partial charge on any atom is 0.303 e. The van der Waals surface area contributed by atoms with Crippen LogP contribution in [0.5, 0.6) is 0 Å². The highest BCUT2D eigenvalue weighted by Gasteiger charge is 2.08. The van der Waals surface area contributed by atoms with Gasteiger partial charge in [0.15, 0.2) is 0 Å². The number of aryl methyl sites for hydroxylation is 1. The van der Waals surface area contributed by atoms with Crippen LogP contribution in [-0.2, 0) is 4.79 Å². The number of hydrogen-bond acceptors (Lipinski definition) is 3. The number of aromatic nitrogens is 1. The number of benzene rings is 1. The van der Waals surface area contributed by atoms with Crippen LogP contribution in [-0.4, -0.2) is 22.1 Å². The van der Waals surface area contributed by atoms with Gasteiger partial charge in [0.05, 0.1) is 5.52 Å². The highest BCUT2D eigenvalue weighted by Crippen LogP contribution is 2.24. The molecule has 4 nitrogen and oxygen atoms in total. The molecule has 0 aliphatic carbocycles. The van der Waals surface area contributed by atoms with Gasteiger partial charge in [0, 0.05) is 29.2 Å². The Labute approximate surface area is 118 Å². The molecule has 2 rings (SSSR count). The minimum absolute atomic E-state index is 0.224. The van der Waals surface area contributed by atoms with Gasteiger partial charge >= 0.3 is 5.97 Å². The van der Waals surface area contributed by atoms with Crippen molar-refractivity contribution in [3.05, 3.63) is 36.0 Å². The van der Waals surface area contributed by atoms with Gasteiger partial charge in [-0.05, 0) is 38.8 Å². The van der Waals surface area contributed by atoms with E-state index in [-0.39, 0.29) is 12.5 Å². The van der Waals surface area contributed by atoms with Gasteiger partial charge in [0.1, 0.15) is 0 Å². The number of anilines is 1. The Hall–Kier alpha value is -2.10. The lowest BCUT2D eigenvalue weighted by Gasteiger charge is -2.17. The minimum Gasteiger partial charge on any atom is -0.481 e. The van der Waals surface area contributed by atoms with Gasteiger partial charge in [0.25, 0.3) is 0 Å². The minimum atomic E-state index is -0.734. The molecule has 1 aromatic heterocycles. The number of pyridine rings is 1. The molecule has 0 amide bonds. The van der Waals surface area contributed by atoms with Gasteiger partial charge in [-0.15, -0.1) is 0 Å². The summed E-state index contributed by atoms with van der Waals surface area (Å²) in [5, 5.41) is 13.2. The first kappa shape index (κ1) is 14.3. The van der Waals surface area contributed by atoms with Gasteiger partial charge < -0.3 is 10.4 Å². The number of rotatable bonds is 6. The van der Waals surface area contributed by atoms with Crippen LogP contribution in [0.4, 0.5) is 5.69 Å². The van der Waals surface area contributed by atoms with E-state index in [0.717, 1.165) is 28.7 Å². The Bertz CT molecular complexity index is 610. The normalized spacial score (nSPS) is 12.3. The predicted octanol–water partition coefficient (Wildman–Crippen LogP) is 3.60. The third kappa shape index (κ3) is 3.70. The SMILES string of the molecule is Cc1cc(NC(C)CCCC(=O)O)c2ccccc2n1. The predicted molar refractivity (Wildman–Crippen MR) is 81.1 cm³/mol. The van der Waals surface area contributed by atoms with Crippen LogP contribution in [0.3, 0.4) is 0 Å². The summed E-state index contributed by atoms with van der Waals surface area (Å²) in [6.45, 7) is 4.05. The molecule has 20 heavy (non-hydrogen) atoms. The molecule has 0 radical (unpaired) electrons. The van der Waals surface area contributed by atoms with Crippen molar-refractivity contribution in [2.75, 3.05) is 5.32 Å². The van der Waals surface area contributed by atoms with Crippen molar-refractivity contribution in [2.45, 2.75) is 39.2 Å². The van der Waals surface area contributed by atoms with Crippen molar-refractivity contribution in [1.82, 2.24) is 4.98 Å². The van der Waals surface area contributed by atoms with Gasteiger partial charge in [0.2, 0.25) is 0 Å². The molecule has 0 aliphatic rings. The second kappa shape index (κ2) is 6.37. The fraction of sp³-hybridized carbons (Fsp3) is 0.375. The summed E-state index contributed by atoms with van der Waals surface area (Å²) >= 11 is 0. The van der Waals surface area contributed by atoms with Crippen LogP contribution < -0.4 is 5.32 Å². The van der Waals surface area contributed by atoms with Crippen molar-refractivity contribution in [2.24, 2.45) is 0 Å². The molecule has 1 heterocycles. The van der Waals surface area contributed by atoms with Crippen molar-refractivity contribution in [3.8, 4) is 0 Å². The van der Waals surface area contributed by atoms with E-state index in [1.54, 1.807) is 0 Å². The third-order valence-electron chi connectivity index (χ3n) is 3.27. The van der Waals surface area contributed by atoms with E-state index < -0.39 is 5.97 Å². The average molecular weight is 272 g/mol. The number of hydrogen-bond donors (Lipinski definition) is 2. The Kier molecular flexibility index (Phi) is 4.56. The molecule has 106 valence electrons. The van der Waals surface area contributed by atoms with Crippen LogP contribution in [0, 0.1) is 6.92 Å². The number of para-hydroxylation sites is 1. The second-order valence-corrected chi connectivity index (χ2v) is 5.16. The summed E-state index contributed by atoms with van der Waals surface area (Å²) in [5.74, 6) is -0.734. The Morgan fingerprint density at radius 3 is 2.90 bits per heavy atom. The highest BCUT2D eigenvalue weighted by atomic mass is 16.4. The number of carboxylic acid groups (broad SMARTS) is 1. The van der Waals surface area contributed by atoms with Crippen LogP contribution in [0.1, 0.15) is 31.9 Å². The van der Waals surface area contributed by atoms with Crippen LogP contribution in [0.15, 0.2) is 30.3 Å². The molecule has 1 unspecified atom stereocenters. The third-order valence-corrected chi connectivity index (χ3v) is 3.27. The zero-order valence-corrected chi connectivity index (χ0v) is 11.9. The molecule has 0 spiro atoms. The number of aliphatic carboxylic acids is 1.